The predicted octanol–water partition coefficient (Wildman–Crippen LogP) is 4.93. The van der Waals surface area contributed by atoms with Gasteiger partial charge < -0.3 is 9.47 Å². The number of nitro benzene ring substituents is 1. The van der Waals surface area contributed by atoms with E-state index in [4.69, 9.17) is 9.47 Å². The summed E-state index contributed by atoms with van der Waals surface area (Å²) in [5, 5.41) is 12.1. The molecule has 192 valence electrons. The Kier molecular flexibility index (Phi) is 9.82. The molecule has 0 spiro atoms. The number of halogens is 1. The minimum Gasteiger partial charge on any atom is -0.489 e. The van der Waals surface area contributed by atoms with Crippen LogP contribution in [0.1, 0.15) is 40.2 Å². The van der Waals surface area contributed by atoms with E-state index < -0.39 is 49.1 Å². The first-order chi connectivity index (χ1) is 16.3. The van der Waals surface area contributed by atoms with E-state index in [1.165, 1.54) is 6.07 Å². The molecule has 0 amide bonds. The van der Waals surface area contributed by atoms with E-state index in [2.05, 4.69) is 15.9 Å². The Morgan fingerprint density at radius 1 is 1.14 bits per heavy atom. The predicted molar refractivity (Wildman–Crippen MR) is 136 cm³/mol. The summed E-state index contributed by atoms with van der Waals surface area (Å²) in [6, 6.07) is 11.6. The number of nitrogens with zero attached hydrogens (tertiary/aromatic N) is 2. The van der Waals surface area contributed by atoms with Gasteiger partial charge in [-0.05, 0) is 44.4 Å². The second kappa shape index (κ2) is 12.0. The zero-order chi connectivity index (χ0) is 26.4. The molecule has 1 atom stereocenters. The van der Waals surface area contributed by atoms with Crippen LogP contribution in [-0.2, 0) is 26.2 Å². The van der Waals surface area contributed by atoms with Crippen LogP contribution < -0.4 is 4.74 Å². The van der Waals surface area contributed by atoms with Crippen molar-refractivity contribution in [2.24, 2.45) is 5.92 Å². The Hall–Kier alpha value is -2.50. The molecule has 0 heterocycles. The van der Waals surface area contributed by atoms with Gasteiger partial charge in [-0.2, -0.15) is 4.31 Å². The molecule has 9 nitrogen and oxygen atoms in total. The minimum absolute atomic E-state index is 0.0894. The third kappa shape index (κ3) is 7.74. The van der Waals surface area contributed by atoms with Crippen molar-refractivity contribution >= 4 is 37.6 Å². The third-order valence-electron chi connectivity index (χ3n) is 4.86. The van der Waals surface area contributed by atoms with Crippen LogP contribution >= 0.6 is 15.9 Å². The fourth-order valence-corrected chi connectivity index (χ4v) is 5.86. The summed E-state index contributed by atoms with van der Waals surface area (Å²) in [4.78, 5) is 23.6. The van der Waals surface area contributed by atoms with E-state index in [0.717, 1.165) is 22.0 Å². The summed E-state index contributed by atoms with van der Waals surface area (Å²) >= 11 is 3.23. The van der Waals surface area contributed by atoms with Crippen molar-refractivity contribution in [1.82, 2.24) is 4.31 Å². The monoisotopic (exact) mass is 570 g/mol. The van der Waals surface area contributed by atoms with Gasteiger partial charge in [0, 0.05) is 11.9 Å². The van der Waals surface area contributed by atoms with Gasteiger partial charge >= 0.3 is 5.97 Å². The topological polar surface area (TPSA) is 116 Å². The summed E-state index contributed by atoms with van der Waals surface area (Å²) in [5.41, 5.74) is -0.619. The Bertz CT molecular complexity index is 1130. The lowest BCUT2D eigenvalue weighted by Crippen LogP contribution is -2.50. The number of esters is 1. The van der Waals surface area contributed by atoms with Crippen LogP contribution in [-0.4, -0.2) is 47.1 Å². The molecule has 0 saturated carbocycles. The molecule has 0 fully saturated rings. The Morgan fingerprint density at radius 3 is 2.29 bits per heavy atom. The van der Waals surface area contributed by atoms with Gasteiger partial charge in [0.15, 0.2) is 4.90 Å². The van der Waals surface area contributed by atoms with E-state index in [0.29, 0.717) is 0 Å². The summed E-state index contributed by atoms with van der Waals surface area (Å²) in [5.74, 6) is -1.02. The van der Waals surface area contributed by atoms with Crippen molar-refractivity contribution in [3.63, 3.8) is 0 Å². The van der Waals surface area contributed by atoms with Crippen molar-refractivity contribution < 1.29 is 27.6 Å². The maximum Gasteiger partial charge on any atom is 0.325 e. The van der Waals surface area contributed by atoms with E-state index in [9.17, 15) is 23.3 Å². The van der Waals surface area contributed by atoms with Gasteiger partial charge in [-0.15, -0.1) is 0 Å². The number of hydrogen-bond acceptors (Lipinski definition) is 7. The smallest absolute Gasteiger partial charge is 0.325 e. The van der Waals surface area contributed by atoms with E-state index in [1.807, 2.05) is 30.3 Å². The van der Waals surface area contributed by atoms with Crippen molar-refractivity contribution in [2.45, 2.75) is 57.8 Å². The molecule has 2 aromatic carbocycles. The van der Waals surface area contributed by atoms with E-state index >= 15 is 0 Å². The molecule has 0 bridgehead atoms. The van der Waals surface area contributed by atoms with Crippen molar-refractivity contribution in [1.29, 1.82) is 0 Å². The Balaban J connectivity index is 2.48. The van der Waals surface area contributed by atoms with Crippen LogP contribution in [0.15, 0.2) is 53.4 Å². The van der Waals surface area contributed by atoms with Gasteiger partial charge in [-0.25, -0.2) is 8.42 Å². The minimum atomic E-state index is -4.46. The van der Waals surface area contributed by atoms with Crippen LogP contribution in [0.4, 0.5) is 5.69 Å². The molecule has 0 saturated heterocycles. The zero-order valence-electron chi connectivity index (χ0n) is 20.4. The molecule has 0 aliphatic carbocycles. The largest absolute Gasteiger partial charge is 0.489 e. The lowest BCUT2D eigenvalue weighted by atomic mass is 10.0. The number of alkyl halides is 1. The van der Waals surface area contributed by atoms with Gasteiger partial charge in [0.05, 0.1) is 11.0 Å². The quantitative estimate of drug-likeness (QED) is 0.163. The van der Waals surface area contributed by atoms with Gasteiger partial charge in [0.2, 0.25) is 0 Å². The average molecular weight is 571 g/mol. The van der Waals surface area contributed by atoms with Gasteiger partial charge in [0.1, 0.15) is 24.0 Å². The molecule has 2 rings (SSSR count). The second-order valence-electron chi connectivity index (χ2n) is 9.19. The maximum absolute atomic E-state index is 13.7. The number of rotatable bonds is 11. The van der Waals surface area contributed by atoms with E-state index in [1.54, 1.807) is 34.6 Å². The highest BCUT2D eigenvalue weighted by Crippen LogP contribution is 2.33. The first-order valence-electron chi connectivity index (χ1n) is 11.0. The summed E-state index contributed by atoms with van der Waals surface area (Å²) in [6.07, 6.45) is 0. The molecule has 0 unspecified atom stereocenters. The highest BCUT2D eigenvalue weighted by Gasteiger charge is 2.42. The molecular formula is C24H31BrN2O7S. The van der Waals surface area contributed by atoms with Crippen LogP contribution in [0.3, 0.4) is 0 Å². The second-order valence-corrected chi connectivity index (χ2v) is 11.8. The summed E-state index contributed by atoms with van der Waals surface area (Å²) < 4.78 is 39.5. The van der Waals surface area contributed by atoms with Gasteiger partial charge in [0.25, 0.3) is 15.7 Å². The SMILES string of the molecule is CC(C)[C@H](C(=O)OC(C)(C)C)N(CCBr)S(=O)(=O)c1ccc(OCc2ccccc2)cc1[N+](=O)[O-]. The highest BCUT2D eigenvalue weighted by atomic mass is 79.9. The fraction of sp³-hybridized carbons (Fsp3) is 0.458. The number of carbonyl (C=O) groups excluding carboxylic acids is 1. The fourth-order valence-electron chi connectivity index (χ4n) is 3.39. The number of ether oxygens (including phenoxy) is 2. The average Bonchev–Trinajstić information content (AvgIpc) is 2.76. The normalized spacial score (nSPS) is 13.0. The maximum atomic E-state index is 13.7. The van der Waals surface area contributed by atoms with Crippen LogP contribution in [0.2, 0.25) is 0 Å². The Morgan fingerprint density at radius 2 is 1.77 bits per heavy atom. The number of sulfonamides is 1. The summed E-state index contributed by atoms with van der Waals surface area (Å²) in [7, 11) is -4.46. The molecule has 2 aromatic rings. The van der Waals surface area contributed by atoms with Gasteiger partial charge in [-0.1, -0.05) is 60.1 Å². The van der Waals surface area contributed by atoms with Crippen molar-refractivity contribution in [2.75, 3.05) is 11.9 Å². The van der Waals surface area contributed by atoms with Crippen LogP contribution in [0.25, 0.3) is 0 Å². The van der Waals surface area contributed by atoms with Crippen molar-refractivity contribution in [3.05, 3.63) is 64.2 Å². The molecule has 0 N–H and O–H groups in total. The number of hydrogen-bond donors (Lipinski definition) is 0. The first kappa shape index (κ1) is 28.7. The van der Waals surface area contributed by atoms with Crippen molar-refractivity contribution in [3.8, 4) is 5.75 Å². The Labute approximate surface area is 214 Å². The molecule has 11 heteroatoms. The zero-order valence-corrected chi connectivity index (χ0v) is 22.8. The number of nitro groups is 1. The van der Waals surface area contributed by atoms with E-state index in [-0.39, 0.29) is 24.2 Å². The molecule has 0 radical (unpaired) electrons. The lowest BCUT2D eigenvalue weighted by Gasteiger charge is -2.33. The highest BCUT2D eigenvalue weighted by molar-refractivity contribution is 9.09. The summed E-state index contributed by atoms with van der Waals surface area (Å²) in [6.45, 7) is 8.52. The molecule has 0 aromatic heterocycles. The number of benzene rings is 2. The molecule has 0 aliphatic heterocycles. The molecule has 35 heavy (non-hydrogen) atoms. The van der Waals surface area contributed by atoms with Crippen LogP contribution in [0, 0.1) is 16.0 Å². The molecule has 0 aliphatic rings. The lowest BCUT2D eigenvalue weighted by molar-refractivity contribution is -0.388. The third-order valence-corrected chi connectivity index (χ3v) is 7.14. The van der Waals surface area contributed by atoms with Gasteiger partial charge in [-0.3, -0.25) is 14.9 Å². The number of carbonyl (C=O) groups is 1. The first-order valence-corrected chi connectivity index (χ1v) is 13.6. The molecular weight excluding hydrogens is 540 g/mol. The standard InChI is InChI=1S/C24H31BrN2O7S/c1-17(2)22(23(28)34-24(3,4)5)26(14-13-25)35(31,32)21-12-11-19(15-20(21)27(29)30)33-16-18-9-7-6-8-10-18/h6-12,15,17,22H,13-14,16H2,1-5H3/t22-/m1/s1. The van der Waals surface area contributed by atoms with Crippen LogP contribution in [0.5, 0.6) is 5.75 Å².